The molecule has 1 aromatic heterocycles. The van der Waals surface area contributed by atoms with E-state index in [2.05, 4.69) is 15.6 Å². The quantitative estimate of drug-likeness (QED) is 0.368. The second-order valence-electron chi connectivity index (χ2n) is 2.87. The molecule has 0 aliphatic carbocycles. The van der Waals surface area contributed by atoms with Gasteiger partial charge in [-0.2, -0.15) is 0 Å². The van der Waals surface area contributed by atoms with E-state index in [1.165, 1.54) is 6.20 Å². The Labute approximate surface area is 86.3 Å². The number of anilines is 1. The maximum Gasteiger partial charge on any atom is 0.386 e. The van der Waals surface area contributed by atoms with E-state index in [9.17, 15) is 10.1 Å². The molecule has 1 aromatic rings. The molecule has 0 radical (unpaired) electrons. The van der Waals surface area contributed by atoms with Crippen molar-refractivity contribution in [2.75, 3.05) is 12.0 Å². The van der Waals surface area contributed by atoms with Crippen LogP contribution in [0.2, 0.25) is 0 Å². The highest BCUT2D eigenvalue weighted by Gasteiger charge is 2.12. The Bertz CT molecular complexity index is 342. The van der Waals surface area contributed by atoms with Gasteiger partial charge in [0.1, 0.15) is 18.1 Å². The minimum Gasteiger partial charge on any atom is -0.379 e. The highest BCUT2D eigenvalue weighted by molar-refractivity contribution is 5.56. The molecule has 0 aromatic carbocycles. The summed E-state index contributed by atoms with van der Waals surface area (Å²) in [5.74, 6) is -0.232. The highest BCUT2D eigenvalue weighted by Crippen LogP contribution is 2.19. The van der Waals surface area contributed by atoms with Gasteiger partial charge in [0.2, 0.25) is 0 Å². The number of aromatic nitrogens is 1. The predicted molar refractivity (Wildman–Crippen MR) is 54.2 cm³/mol. The normalized spacial score (nSPS) is 12.1. The summed E-state index contributed by atoms with van der Waals surface area (Å²) in [7, 11) is 0. The first-order chi connectivity index (χ1) is 7.11. The third-order valence-corrected chi connectivity index (χ3v) is 1.64. The summed E-state index contributed by atoms with van der Waals surface area (Å²) in [4.78, 5) is 13.6. The average molecular weight is 212 g/mol. The van der Waals surface area contributed by atoms with E-state index < -0.39 is 11.2 Å². The van der Waals surface area contributed by atoms with Crippen LogP contribution in [0.1, 0.15) is 6.92 Å². The van der Waals surface area contributed by atoms with E-state index >= 15 is 0 Å². The van der Waals surface area contributed by atoms with Gasteiger partial charge in [-0.25, -0.2) is 0 Å². The number of aliphatic hydroxyl groups is 1. The van der Waals surface area contributed by atoms with Gasteiger partial charge >= 0.3 is 5.82 Å². The lowest BCUT2D eigenvalue weighted by Gasteiger charge is -2.09. The Morgan fingerprint density at radius 3 is 3.07 bits per heavy atom. The number of hydrogen-bond donors (Lipinski definition) is 3. The van der Waals surface area contributed by atoms with E-state index in [-0.39, 0.29) is 12.5 Å². The van der Waals surface area contributed by atoms with Crippen LogP contribution in [-0.4, -0.2) is 27.9 Å². The van der Waals surface area contributed by atoms with Gasteiger partial charge < -0.3 is 20.5 Å². The van der Waals surface area contributed by atoms with E-state index in [4.69, 9.17) is 5.11 Å². The van der Waals surface area contributed by atoms with E-state index in [0.717, 1.165) is 0 Å². The summed E-state index contributed by atoms with van der Waals surface area (Å²) < 4.78 is 0. The lowest BCUT2D eigenvalue weighted by atomic mass is 10.4. The molecule has 82 valence electrons. The first kappa shape index (κ1) is 11.3. The van der Waals surface area contributed by atoms with Gasteiger partial charge in [0.05, 0.1) is 6.67 Å². The second kappa shape index (κ2) is 5.23. The molecule has 0 aliphatic heterocycles. The number of nitrogens with one attached hydrogen (secondary N) is 2. The van der Waals surface area contributed by atoms with Gasteiger partial charge in [-0.3, -0.25) is 5.32 Å². The largest absolute Gasteiger partial charge is 0.386 e. The summed E-state index contributed by atoms with van der Waals surface area (Å²) in [6.07, 6.45) is 0.680. The van der Waals surface area contributed by atoms with Crippen LogP contribution >= 0.6 is 0 Å². The van der Waals surface area contributed by atoms with Crippen LogP contribution in [0.5, 0.6) is 0 Å². The van der Waals surface area contributed by atoms with Crippen molar-refractivity contribution >= 4 is 11.5 Å². The number of pyridine rings is 1. The Balaban J connectivity index is 2.63. The Kier molecular flexibility index (Phi) is 3.95. The monoisotopic (exact) mass is 212 g/mol. The molecule has 1 rings (SSSR count). The molecule has 7 nitrogen and oxygen atoms in total. The smallest absolute Gasteiger partial charge is 0.379 e. The Morgan fingerprint density at radius 1 is 1.73 bits per heavy atom. The second-order valence-corrected chi connectivity index (χ2v) is 2.87. The molecule has 3 N–H and O–H groups in total. The topological polar surface area (TPSA) is 100 Å². The predicted octanol–water partition coefficient (Wildman–Crippen LogP) is 0.287. The molecular weight excluding hydrogens is 200 g/mol. The van der Waals surface area contributed by atoms with Crippen molar-refractivity contribution in [1.82, 2.24) is 10.3 Å². The molecule has 0 amide bonds. The van der Waals surface area contributed by atoms with Crippen molar-refractivity contribution in [2.45, 2.75) is 13.2 Å². The van der Waals surface area contributed by atoms with Crippen LogP contribution in [0, 0.1) is 10.1 Å². The summed E-state index contributed by atoms with van der Waals surface area (Å²) >= 11 is 0. The van der Waals surface area contributed by atoms with Gasteiger partial charge in [-0.05, 0) is 29.0 Å². The summed E-state index contributed by atoms with van der Waals surface area (Å²) in [5, 5.41) is 24.9. The number of nitro groups is 1. The molecule has 0 saturated carbocycles. The summed E-state index contributed by atoms with van der Waals surface area (Å²) in [6, 6.07) is 3.15. The van der Waals surface area contributed by atoms with Crippen LogP contribution < -0.4 is 10.6 Å². The van der Waals surface area contributed by atoms with Crippen LogP contribution in [0.15, 0.2) is 18.3 Å². The zero-order valence-electron chi connectivity index (χ0n) is 8.17. The highest BCUT2D eigenvalue weighted by atomic mass is 16.6. The molecule has 0 fully saturated rings. The number of hydrogen-bond acceptors (Lipinski definition) is 6. The van der Waals surface area contributed by atoms with Crippen LogP contribution in [0.3, 0.4) is 0 Å². The van der Waals surface area contributed by atoms with Crippen molar-refractivity contribution in [3.8, 4) is 0 Å². The average Bonchev–Trinajstić information content (AvgIpc) is 2.17. The Hall–Kier alpha value is -1.73. The van der Waals surface area contributed by atoms with Crippen LogP contribution in [0.25, 0.3) is 0 Å². The minimum absolute atomic E-state index is 0.226. The molecule has 0 aliphatic rings. The van der Waals surface area contributed by atoms with Gasteiger partial charge in [0.25, 0.3) is 0 Å². The SMILES string of the molecule is CC(O)NCNc1cccnc1[N+](=O)[O-]. The third kappa shape index (κ3) is 3.49. The summed E-state index contributed by atoms with van der Waals surface area (Å²) in [5.41, 5.74) is 0.315. The lowest BCUT2D eigenvalue weighted by Crippen LogP contribution is -2.30. The Morgan fingerprint density at radius 2 is 2.47 bits per heavy atom. The van der Waals surface area contributed by atoms with Gasteiger partial charge in [-0.15, -0.1) is 0 Å². The van der Waals surface area contributed by atoms with Gasteiger partial charge in [0.15, 0.2) is 0 Å². The molecule has 7 heteroatoms. The number of nitrogens with zero attached hydrogens (tertiary/aromatic N) is 2. The number of rotatable bonds is 5. The fourth-order valence-electron chi connectivity index (χ4n) is 0.974. The molecule has 15 heavy (non-hydrogen) atoms. The molecule has 0 saturated heterocycles. The van der Waals surface area contributed by atoms with Crippen molar-refractivity contribution < 1.29 is 10.0 Å². The third-order valence-electron chi connectivity index (χ3n) is 1.64. The summed E-state index contributed by atoms with van der Waals surface area (Å²) in [6.45, 7) is 1.78. The van der Waals surface area contributed by atoms with Crippen molar-refractivity contribution in [3.05, 3.63) is 28.4 Å². The van der Waals surface area contributed by atoms with E-state index in [1.807, 2.05) is 0 Å². The van der Waals surface area contributed by atoms with E-state index in [0.29, 0.717) is 5.69 Å². The zero-order chi connectivity index (χ0) is 11.3. The molecule has 0 bridgehead atoms. The lowest BCUT2D eigenvalue weighted by molar-refractivity contribution is -0.388. The molecule has 0 spiro atoms. The first-order valence-corrected chi connectivity index (χ1v) is 4.36. The van der Waals surface area contributed by atoms with Crippen molar-refractivity contribution in [1.29, 1.82) is 0 Å². The van der Waals surface area contributed by atoms with Crippen LogP contribution in [-0.2, 0) is 0 Å². The molecule has 1 atom stereocenters. The zero-order valence-corrected chi connectivity index (χ0v) is 8.17. The van der Waals surface area contributed by atoms with Crippen molar-refractivity contribution in [2.24, 2.45) is 0 Å². The van der Waals surface area contributed by atoms with Crippen molar-refractivity contribution in [3.63, 3.8) is 0 Å². The maximum absolute atomic E-state index is 10.6. The number of aliphatic hydroxyl groups excluding tert-OH is 1. The van der Waals surface area contributed by atoms with E-state index in [1.54, 1.807) is 19.1 Å². The first-order valence-electron chi connectivity index (χ1n) is 4.36. The molecule has 1 unspecified atom stereocenters. The van der Waals surface area contributed by atoms with Gasteiger partial charge in [0, 0.05) is 0 Å². The fourth-order valence-corrected chi connectivity index (χ4v) is 0.974. The molecule has 1 heterocycles. The maximum atomic E-state index is 10.6. The standard InChI is InChI=1S/C8H12N4O3/c1-6(13)10-5-11-7-3-2-4-9-8(7)12(14)15/h2-4,6,10-11,13H,5H2,1H3. The minimum atomic E-state index is -0.673. The van der Waals surface area contributed by atoms with Crippen LogP contribution in [0.4, 0.5) is 11.5 Å². The van der Waals surface area contributed by atoms with Gasteiger partial charge in [-0.1, -0.05) is 0 Å². The fraction of sp³-hybridized carbons (Fsp3) is 0.375. The molecular formula is C8H12N4O3.